The van der Waals surface area contributed by atoms with Crippen LogP contribution >= 0.6 is 11.6 Å². The first kappa shape index (κ1) is 11.6. The maximum atomic E-state index is 10.5. The Hall–Kier alpha value is -1.48. The van der Waals surface area contributed by atoms with Gasteiger partial charge in [0, 0.05) is 0 Å². The molecule has 0 heterocycles. The fraction of sp³-hybridized carbons (Fsp3) is 0.182. The van der Waals surface area contributed by atoms with E-state index in [9.17, 15) is 4.79 Å². The SMILES string of the molecule is C=C(CC(=O)O)c1ccc(OC)c(Cl)c1. The van der Waals surface area contributed by atoms with E-state index in [1.165, 1.54) is 7.11 Å². The number of hydrogen-bond acceptors (Lipinski definition) is 2. The molecule has 0 saturated carbocycles. The van der Waals surface area contributed by atoms with Gasteiger partial charge in [-0.2, -0.15) is 0 Å². The number of halogens is 1. The summed E-state index contributed by atoms with van der Waals surface area (Å²) >= 11 is 5.90. The molecule has 0 atom stereocenters. The molecular formula is C11H11ClO3. The molecule has 0 unspecified atom stereocenters. The third-order valence-electron chi connectivity index (χ3n) is 1.92. The van der Waals surface area contributed by atoms with E-state index in [2.05, 4.69) is 6.58 Å². The summed E-state index contributed by atoms with van der Waals surface area (Å²) in [6.45, 7) is 3.68. The van der Waals surface area contributed by atoms with Gasteiger partial charge >= 0.3 is 5.97 Å². The summed E-state index contributed by atoms with van der Waals surface area (Å²) in [5.41, 5.74) is 1.23. The molecule has 0 spiro atoms. The average molecular weight is 227 g/mol. The number of aliphatic carboxylic acids is 1. The monoisotopic (exact) mass is 226 g/mol. The van der Waals surface area contributed by atoms with E-state index in [4.69, 9.17) is 21.4 Å². The second kappa shape index (κ2) is 4.84. The Morgan fingerprint density at radius 3 is 2.73 bits per heavy atom. The van der Waals surface area contributed by atoms with Gasteiger partial charge in [-0.15, -0.1) is 0 Å². The van der Waals surface area contributed by atoms with E-state index in [0.29, 0.717) is 21.9 Å². The van der Waals surface area contributed by atoms with Gasteiger partial charge in [-0.3, -0.25) is 4.79 Å². The molecule has 0 radical (unpaired) electrons. The van der Waals surface area contributed by atoms with Gasteiger partial charge in [0.15, 0.2) is 0 Å². The lowest BCUT2D eigenvalue weighted by Crippen LogP contribution is -1.96. The molecule has 15 heavy (non-hydrogen) atoms. The summed E-state index contributed by atoms with van der Waals surface area (Å²) in [5.74, 6) is -0.351. The van der Waals surface area contributed by atoms with Crippen molar-refractivity contribution < 1.29 is 14.6 Å². The fourth-order valence-corrected chi connectivity index (χ4v) is 1.43. The van der Waals surface area contributed by atoms with Gasteiger partial charge in [-0.1, -0.05) is 24.2 Å². The molecular weight excluding hydrogens is 216 g/mol. The van der Waals surface area contributed by atoms with Crippen molar-refractivity contribution in [1.82, 2.24) is 0 Å². The van der Waals surface area contributed by atoms with Gasteiger partial charge in [0.1, 0.15) is 5.75 Å². The second-order valence-corrected chi connectivity index (χ2v) is 3.43. The van der Waals surface area contributed by atoms with Crippen LogP contribution in [-0.2, 0) is 4.79 Å². The molecule has 3 nitrogen and oxygen atoms in total. The molecule has 0 saturated heterocycles. The largest absolute Gasteiger partial charge is 0.495 e. The van der Waals surface area contributed by atoms with E-state index in [-0.39, 0.29) is 6.42 Å². The maximum Gasteiger partial charge on any atom is 0.307 e. The smallest absolute Gasteiger partial charge is 0.307 e. The number of carbonyl (C=O) groups is 1. The molecule has 0 aliphatic carbocycles. The summed E-state index contributed by atoms with van der Waals surface area (Å²) in [5, 5.41) is 9.04. The van der Waals surface area contributed by atoms with Crippen molar-refractivity contribution in [2.24, 2.45) is 0 Å². The zero-order valence-electron chi connectivity index (χ0n) is 8.29. The summed E-state index contributed by atoms with van der Waals surface area (Å²) in [6, 6.07) is 5.06. The molecule has 0 aromatic heterocycles. The lowest BCUT2D eigenvalue weighted by Gasteiger charge is -2.06. The van der Waals surface area contributed by atoms with Crippen LogP contribution in [0.5, 0.6) is 5.75 Å². The first-order valence-electron chi connectivity index (χ1n) is 4.28. The van der Waals surface area contributed by atoms with E-state index < -0.39 is 5.97 Å². The van der Waals surface area contributed by atoms with Crippen LogP contribution in [0.3, 0.4) is 0 Å². The molecule has 1 rings (SSSR count). The van der Waals surface area contributed by atoms with Crippen molar-refractivity contribution in [3.8, 4) is 5.75 Å². The van der Waals surface area contributed by atoms with Gasteiger partial charge in [0.2, 0.25) is 0 Å². The molecule has 0 aliphatic rings. The first-order valence-corrected chi connectivity index (χ1v) is 4.66. The highest BCUT2D eigenvalue weighted by atomic mass is 35.5. The minimum absolute atomic E-state index is 0.0946. The van der Waals surface area contributed by atoms with Crippen molar-refractivity contribution in [2.75, 3.05) is 7.11 Å². The third-order valence-corrected chi connectivity index (χ3v) is 2.22. The Bertz CT molecular complexity index is 399. The lowest BCUT2D eigenvalue weighted by molar-refractivity contribution is -0.135. The Kier molecular flexibility index (Phi) is 3.74. The average Bonchev–Trinajstić information content (AvgIpc) is 2.16. The van der Waals surface area contributed by atoms with E-state index in [1.807, 2.05) is 0 Å². The number of methoxy groups -OCH3 is 1. The zero-order valence-corrected chi connectivity index (χ0v) is 9.04. The summed E-state index contributed by atoms with van der Waals surface area (Å²) < 4.78 is 4.98. The first-order chi connectivity index (χ1) is 7.04. The number of ether oxygens (including phenoxy) is 1. The standard InChI is InChI=1S/C11H11ClO3/c1-7(5-11(13)14)8-3-4-10(15-2)9(12)6-8/h3-4,6H,1,5H2,2H3,(H,13,14). The van der Waals surface area contributed by atoms with Crippen LogP contribution in [-0.4, -0.2) is 18.2 Å². The molecule has 4 heteroatoms. The zero-order chi connectivity index (χ0) is 11.4. The van der Waals surface area contributed by atoms with Gasteiger partial charge in [-0.25, -0.2) is 0 Å². The van der Waals surface area contributed by atoms with Crippen LogP contribution in [0.15, 0.2) is 24.8 Å². The van der Waals surface area contributed by atoms with Crippen LogP contribution in [0.4, 0.5) is 0 Å². The van der Waals surface area contributed by atoms with Crippen LogP contribution in [0.2, 0.25) is 5.02 Å². The number of benzene rings is 1. The minimum Gasteiger partial charge on any atom is -0.495 e. The molecule has 0 bridgehead atoms. The highest BCUT2D eigenvalue weighted by Crippen LogP contribution is 2.28. The van der Waals surface area contributed by atoms with Gasteiger partial charge in [0.05, 0.1) is 18.6 Å². The van der Waals surface area contributed by atoms with Crippen molar-refractivity contribution >= 4 is 23.1 Å². The molecule has 1 aromatic rings. The predicted molar refractivity (Wildman–Crippen MR) is 59.3 cm³/mol. The van der Waals surface area contributed by atoms with E-state index >= 15 is 0 Å². The number of carboxylic acid groups (broad SMARTS) is 1. The van der Waals surface area contributed by atoms with Gasteiger partial charge < -0.3 is 9.84 Å². The number of rotatable bonds is 4. The van der Waals surface area contributed by atoms with Crippen LogP contribution in [0.1, 0.15) is 12.0 Å². The number of carboxylic acids is 1. The summed E-state index contributed by atoms with van der Waals surface area (Å²) in [6.07, 6.45) is -0.0946. The van der Waals surface area contributed by atoms with Gasteiger partial charge in [-0.05, 0) is 23.3 Å². The molecule has 1 N–H and O–H groups in total. The maximum absolute atomic E-state index is 10.5. The summed E-state index contributed by atoms with van der Waals surface area (Å²) in [4.78, 5) is 10.5. The quantitative estimate of drug-likeness (QED) is 0.859. The van der Waals surface area contributed by atoms with Crippen molar-refractivity contribution in [2.45, 2.75) is 6.42 Å². The Morgan fingerprint density at radius 2 is 2.27 bits per heavy atom. The Balaban J connectivity index is 2.92. The summed E-state index contributed by atoms with van der Waals surface area (Å²) in [7, 11) is 1.52. The molecule has 0 amide bonds. The fourth-order valence-electron chi connectivity index (χ4n) is 1.17. The second-order valence-electron chi connectivity index (χ2n) is 3.02. The Labute approximate surface area is 92.9 Å². The van der Waals surface area contributed by atoms with Crippen molar-refractivity contribution in [3.63, 3.8) is 0 Å². The van der Waals surface area contributed by atoms with Crippen molar-refractivity contribution in [3.05, 3.63) is 35.4 Å². The third kappa shape index (κ3) is 2.99. The highest BCUT2D eigenvalue weighted by Gasteiger charge is 2.07. The van der Waals surface area contributed by atoms with Gasteiger partial charge in [0.25, 0.3) is 0 Å². The Morgan fingerprint density at radius 1 is 1.60 bits per heavy atom. The highest BCUT2D eigenvalue weighted by molar-refractivity contribution is 6.32. The minimum atomic E-state index is -0.910. The topological polar surface area (TPSA) is 46.5 Å². The molecule has 0 aliphatic heterocycles. The normalized spacial score (nSPS) is 9.73. The lowest BCUT2D eigenvalue weighted by atomic mass is 10.0. The molecule has 80 valence electrons. The van der Waals surface area contributed by atoms with E-state index in [0.717, 1.165) is 0 Å². The van der Waals surface area contributed by atoms with Crippen LogP contribution in [0.25, 0.3) is 5.57 Å². The van der Waals surface area contributed by atoms with Crippen LogP contribution < -0.4 is 4.74 Å². The molecule has 0 fully saturated rings. The van der Waals surface area contributed by atoms with E-state index in [1.54, 1.807) is 18.2 Å². The van der Waals surface area contributed by atoms with Crippen LogP contribution in [0, 0.1) is 0 Å². The number of hydrogen-bond donors (Lipinski definition) is 1. The predicted octanol–water partition coefficient (Wildman–Crippen LogP) is 2.84. The molecule has 1 aromatic carbocycles. The van der Waals surface area contributed by atoms with Crippen molar-refractivity contribution in [1.29, 1.82) is 0 Å².